The monoisotopic (exact) mass is 430 g/mol. The molecule has 1 aliphatic rings. The van der Waals surface area contributed by atoms with Gasteiger partial charge in [-0.3, -0.25) is 9.79 Å². The number of carbonyl (C=O) groups is 1. The highest BCUT2D eigenvalue weighted by Crippen LogP contribution is 2.08. The van der Waals surface area contributed by atoms with E-state index >= 15 is 0 Å². The number of halogens is 1. The standard InChI is InChI=1S/C17H26N4O.HI/c1-18-17(19-11-10-15-8-4-2-5-9-15)20-14-16(22)21-12-6-3-7-13-21;/h2,4-5,8-9H,3,6-7,10-14H2,1H3,(H2,18,19,20);1H. The van der Waals surface area contributed by atoms with Crippen molar-refractivity contribution in [2.24, 2.45) is 4.99 Å². The molecule has 0 radical (unpaired) electrons. The van der Waals surface area contributed by atoms with Crippen LogP contribution in [0.15, 0.2) is 35.3 Å². The second-order valence-electron chi connectivity index (χ2n) is 5.53. The minimum atomic E-state index is 0. The summed E-state index contributed by atoms with van der Waals surface area (Å²) in [4.78, 5) is 18.2. The number of rotatable bonds is 5. The molecule has 23 heavy (non-hydrogen) atoms. The lowest BCUT2D eigenvalue weighted by Crippen LogP contribution is -2.46. The second-order valence-corrected chi connectivity index (χ2v) is 5.53. The molecule has 0 aliphatic carbocycles. The minimum absolute atomic E-state index is 0. The summed E-state index contributed by atoms with van der Waals surface area (Å²) >= 11 is 0. The number of nitrogens with zero attached hydrogens (tertiary/aromatic N) is 2. The molecule has 0 aromatic heterocycles. The van der Waals surface area contributed by atoms with Gasteiger partial charge >= 0.3 is 0 Å². The number of hydrogen-bond acceptors (Lipinski definition) is 2. The van der Waals surface area contributed by atoms with Gasteiger partial charge in [-0.05, 0) is 31.2 Å². The van der Waals surface area contributed by atoms with Crippen LogP contribution >= 0.6 is 24.0 Å². The Kier molecular flexibility index (Phi) is 9.66. The fourth-order valence-electron chi connectivity index (χ4n) is 2.60. The van der Waals surface area contributed by atoms with E-state index in [4.69, 9.17) is 0 Å². The predicted octanol–water partition coefficient (Wildman–Crippen LogP) is 2.02. The Hall–Kier alpha value is -1.31. The maximum atomic E-state index is 12.1. The summed E-state index contributed by atoms with van der Waals surface area (Å²) in [7, 11) is 1.73. The molecule has 0 spiro atoms. The Morgan fingerprint density at radius 1 is 1.13 bits per heavy atom. The molecule has 2 rings (SSSR count). The van der Waals surface area contributed by atoms with Gasteiger partial charge in [0.25, 0.3) is 0 Å². The Morgan fingerprint density at radius 2 is 1.83 bits per heavy atom. The molecule has 1 aromatic carbocycles. The molecule has 5 nitrogen and oxygen atoms in total. The molecule has 0 atom stereocenters. The zero-order valence-corrected chi connectivity index (χ0v) is 16.1. The van der Waals surface area contributed by atoms with Crippen LogP contribution in [0.4, 0.5) is 0 Å². The fraction of sp³-hybridized carbons (Fsp3) is 0.529. The smallest absolute Gasteiger partial charge is 0.241 e. The molecule has 6 heteroatoms. The van der Waals surface area contributed by atoms with Crippen molar-refractivity contribution in [3.05, 3.63) is 35.9 Å². The van der Waals surface area contributed by atoms with Crippen LogP contribution in [0.5, 0.6) is 0 Å². The van der Waals surface area contributed by atoms with E-state index in [1.54, 1.807) is 7.05 Å². The van der Waals surface area contributed by atoms with E-state index < -0.39 is 0 Å². The summed E-state index contributed by atoms with van der Waals surface area (Å²) in [5.41, 5.74) is 1.29. The molecule has 1 amide bonds. The first-order chi connectivity index (χ1) is 10.8. The van der Waals surface area contributed by atoms with Crippen molar-refractivity contribution < 1.29 is 4.79 Å². The highest BCUT2D eigenvalue weighted by Gasteiger charge is 2.16. The van der Waals surface area contributed by atoms with Gasteiger partial charge in [0.1, 0.15) is 0 Å². The Labute approximate surface area is 156 Å². The average molecular weight is 430 g/mol. The maximum Gasteiger partial charge on any atom is 0.241 e. The lowest BCUT2D eigenvalue weighted by molar-refractivity contribution is -0.130. The SMILES string of the molecule is CN=C(NCCc1ccccc1)NCC(=O)N1CCCCC1.I. The molecule has 1 fully saturated rings. The van der Waals surface area contributed by atoms with E-state index in [0.29, 0.717) is 12.5 Å². The molecule has 128 valence electrons. The Balaban J connectivity index is 0.00000264. The van der Waals surface area contributed by atoms with Crippen molar-refractivity contribution in [1.82, 2.24) is 15.5 Å². The van der Waals surface area contributed by atoms with Crippen molar-refractivity contribution in [1.29, 1.82) is 0 Å². The third-order valence-corrected chi connectivity index (χ3v) is 3.89. The van der Waals surface area contributed by atoms with Gasteiger partial charge < -0.3 is 15.5 Å². The largest absolute Gasteiger partial charge is 0.356 e. The highest BCUT2D eigenvalue weighted by molar-refractivity contribution is 14.0. The van der Waals surface area contributed by atoms with Crippen LogP contribution in [-0.4, -0.2) is 50.0 Å². The Bertz CT molecular complexity index is 487. The summed E-state index contributed by atoms with van der Waals surface area (Å²) in [6.45, 7) is 2.88. The average Bonchev–Trinajstić information content (AvgIpc) is 2.59. The molecule has 0 bridgehead atoms. The molecular weight excluding hydrogens is 403 g/mol. The number of piperidine rings is 1. The first-order valence-corrected chi connectivity index (χ1v) is 8.06. The first-order valence-electron chi connectivity index (χ1n) is 8.06. The van der Waals surface area contributed by atoms with Crippen molar-refractivity contribution in [3.8, 4) is 0 Å². The number of carbonyl (C=O) groups excluding carboxylic acids is 1. The molecule has 0 unspecified atom stereocenters. The van der Waals surface area contributed by atoms with Crippen LogP contribution in [0, 0.1) is 0 Å². The number of aliphatic imine (C=N–C) groups is 1. The van der Waals surface area contributed by atoms with Crippen molar-refractivity contribution >= 4 is 35.8 Å². The summed E-state index contributed by atoms with van der Waals surface area (Å²) in [6, 6.07) is 10.3. The summed E-state index contributed by atoms with van der Waals surface area (Å²) in [5.74, 6) is 0.840. The zero-order chi connectivity index (χ0) is 15.6. The summed E-state index contributed by atoms with van der Waals surface area (Å²) in [6.07, 6.45) is 4.41. The van der Waals surface area contributed by atoms with E-state index in [9.17, 15) is 4.79 Å². The van der Waals surface area contributed by atoms with Gasteiger partial charge in [0.05, 0.1) is 6.54 Å². The number of hydrogen-bond donors (Lipinski definition) is 2. The molecule has 0 saturated carbocycles. The number of nitrogens with one attached hydrogen (secondary N) is 2. The van der Waals surface area contributed by atoms with Gasteiger partial charge in [0.15, 0.2) is 5.96 Å². The number of benzene rings is 1. The number of guanidine groups is 1. The number of amides is 1. The lowest BCUT2D eigenvalue weighted by Gasteiger charge is -2.27. The summed E-state index contributed by atoms with van der Waals surface area (Å²) < 4.78 is 0. The van der Waals surface area contributed by atoms with Crippen molar-refractivity contribution in [3.63, 3.8) is 0 Å². The normalized spacial score (nSPS) is 14.8. The van der Waals surface area contributed by atoms with Crippen LogP contribution in [0.2, 0.25) is 0 Å². The van der Waals surface area contributed by atoms with E-state index in [0.717, 1.165) is 38.9 Å². The number of likely N-dealkylation sites (tertiary alicyclic amines) is 1. The van der Waals surface area contributed by atoms with Gasteiger partial charge in [-0.25, -0.2) is 0 Å². The Morgan fingerprint density at radius 3 is 2.48 bits per heavy atom. The molecule has 1 saturated heterocycles. The minimum Gasteiger partial charge on any atom is -0.356 e. The van der Waals surface area contributed by atoms with Crippen molar-refractivity contribution in [2.75, 3.05) is 33.2 Å². The van der Waals surface area contributed by atoms with Gasteiger partial charge in [-0.2, -0.15) is 0 Å². The van der Waals surface area contributed by atoms with Crippen LogP contribution < -0.4 is 10.6 Å². The topological polar surface area (TPSA) is 56.7 Å². The second kappa shape index (κ2) is 11.3. The third kappa shape index (κ3) is 7.20. The van der Waals surface area contributed by atoms with Gasteiger partial charge in [0, 0.05) is 26.7 Å². The fourth-order valence-corrected chi connectivity index (χ4v) is 2.60. The molecule has 2 N–H and O–H groups in total. The van der Waals surface area contributed by atoms with E-state index in [1.807, 2.05) is 23.1 Å². The predicted molar refractivity (Wildman–Crippen MR) is 105 cm³/mol. The first kappa shape index (κ1) is 19.7. The van der Waals surface area contributed by atoms with E-state index in [-0.39, 0.29) is 29.9 Å². The van der Waals surface area contributed by atoms with Gasteiger partial charge in [-0.15, -0.1) is 24.0 Å². The molecule has 1 aromatic rings. The lowest BCUT2D eigenvalue weighted by atomic mass is 10.1. The van der Waals surface area contributed by atoms with Crippen LogP contribution in [0.1, 0.15) is 24.8 Å². The highest BCUT2D eigenvalue weighted by atomic mass is 127. The van der Waals surface area contributed by atoms with Crippen LogP contribution in [0.25, 0.3) is 0 Å². The van der Waals surface area contributed by atoms with Gasteiger partial charge in [-0.1, -0.05) is 30.3 Å². The van der Waals surface area contributed by atoms with E-state index in [2.05, 4.69) is 27.8 Å². The molecule has 1 aliphatic heterocycles. The maximum absolute atomic E-state index is 12.1. The van der Waals surface area contributed by atoms with Gasteiger partial charge in [0.2, 0.25) is 5.91 Å². The van der Waals surface area contributed by atoms with Crippen LogP contribution in [0.3, 0.4) is 0 Å². The van der Waals surface area contributed by atoms with E-state index in [1.165, 1.54) is 12.0 Å². The third-order valence-electron chi connectivity index (χ3n) is 3.89. The van der Waals surface area contributed by atoms with Crippen molar-refractivity contribution in [2.45, 2.75) is 25.7 Å². The molecular formula is C17H27IN4O. The quantitative estimate of drug-likeness (QED) is 0.427. The van der Waals surface area contributed by atoms with Crippen LogP contribution in [-0.2, 0) is 11.2 Å². The summed E-state index contributed by atoms with van der Waals surface area (Å²) in [5, 5.41) is 6.34. The zero-order valence-electron chi connectivity index (χ0n) is 13.8. The molecule has 1 heterocycles.